The lowest BCUT2D eigenvalue weighted by atomic mass is 10.1. The first-order valence-electron chi connectivity index (χ1n) is 5.15. The fourth-order valence-corrected chi connectivity index (χ4v) is 1.88. The smallest absolute Gasteiger partial charge is 0.310 e. The van der Waals surface area contributed by atoms with Crippen molar-refractivity contribution in [3.8, 4) is 0 Å². The van der Waals surface area contributed by atoms with Gasteiger partial charge in [0.15, 0.2) is 0 Å². The van der Waals surface area contributed by atoms with Gasteiger partial charge in [-0.2, -0.15) is 0 Å². The van der Waals surface area contributed by atoms with Crippen LogP contribution in [0.5, 0.6) is 0 Å². The van der Waals surface area contributed by atoms with E-state index in [1.807, 2.05) is 4.90 Å². The van der Waals surface area contributed by atoms with E-state index in [0.717, 1.165) is 13.0 Å². The van der Waals surface area contributed by atoms with Gasteiger partial charge in [-0.3, -0.25) is 4.79 Å². The Balaban J connectivity index is 2.03. The molecule has 4 nitrogen and oxygen atoms in total. The zero-order valence-electron chi connectivity index (χ0n) is 9.02. The van der Waals surface area contributed by atoms with Gasteiger partial charge in [0.25, 0.3) is 0 Å². The Bertz CT molecular complexity index is 380. The van der Waals surface area contributed by atoms with E-state index >= 15 is 0 Å². The third-order valence-corrected chi connectivity index (χ3v) is 2.76. The Kier molecular flexibility index (Phi) is 3.03. The van der Waals surface area contributed by atoms with Gasteiger partial charge in [-0.15, -0.1) is 0 Å². The van der Waals surface area contributed by atoms with Crippen LogP contribution in [0.25, 0.3) is 0 Å². The molecule has 1 fully saturated rings. The first-order valence-corrected chi connectivity index (χ1v) is 5.15. The maximum Gasteiger partial charge on any atom is 0.310 e. The number of halogens is 1. The average Bonchev–Trinajstić information content (AvgIpc) is 2.78. The molecule has 5 heteroatoms. The highest BCUT2D eigenvalue weighted by Gasteiger charge is 2.29. The van der Waals surface area contributed by atoms with Crippen molar-refractivity contribution in [2.75, 3.05) is 25.1 Å². The van der Waals surface area contributed by atoms with Crippen molar-refractivity contribution in [2.45, 2.75) is 6.42 Å². The summed E-state index contributed by atoms with van der Waals surface area (Å²) >= 11 is 0. The molecule has 0 aromatic carbocycles. The van der Waals surface area contributed by atoms with Crippen molar-refractivity contribution in [2.24, 2.45) is 5.92 Å². The molecular weight excluding hydrogens is 211 g/mol. The summed E-state index contributed by atoms with van der Waals surface area (Å²) in [6.45, 7) is 1.34. The van der Waals surface area contributed by atoms with Crippen LogP contribution in [0, 0.1) is 11.7 Å². The summed E-state index contributed by atoms with van der Waals surface area (Å²) in [5.41, 5.74) is 0. The molecule has 1 atom stereocenters. The topological polar surface area (TPSA) is 42.4 Å². The Morgan fingerprint density at radius 2 is 2.44 bits per heavy atom. The number of esters is 1. The fraction of sp³-hybridized carbons (Fsp3) is 0.455. The summed E-state index contributed by atoms with van der Waals surface area (Å²) in [4.78, 5) is 17.3. The number of pyridine rings is 1. The molecule has 1 aliphatic rings. The van der Waals surface area contributed by atoms with Crippen molar-refractivity contribution in [3.63, 3.8) is 0 Å². The molecule has 0 aliphatic carbocycles. The highest BCUT2D eigenvalue weighted by molar-refractivity contribution is 5.74. The number of hydrogen-bond donors (Lipinski definition) is 0. The van der Waals surface area contributed by atoms with E-state index in [9.17, 15) is 9.18 Å². The maximum atomic E-state index is 12.7. The van der Waals surface area contributed by atoms with E-state index in [0.29, 0.717) is 12.4 Å². The van der Waals surface area contributed by atoms with Crippen LogP contribution in [0.4, 0.5) is 10.2 Å². The molecule has 2 heterocycles. The summed E-state index contributed by atoms with van der Waals surface area (Å²) < 4.78 is 17.4. The number of carbonyl (C=O) groups is 1. The van der Waals surface area contributed by atoms with Gasteiger partial charge in [0.1, 0.15) is 11.6 Å². The predicted octanol–water partition coefficient (Wildman–Crippen LogP) is 1.22. The molecule has 1 aromatic heterocycles. The summed E-state index contributed by atoms with van der Waals surface area (Å²) in [5, 5.41) is 0. The minimum Gasteiger partial charge on any atom is -0.469 e. The molecule has 0 radical (unpaired) electrons. The number of carbonyl (C=O) groups excluding carboxylic acids is 1. The Labute approximate surface area is 93.0 Å². The van der Waals surface area contributed by atoms with Crippen molar-refractivity contribution < 1.29 is 13.9 Å². The number of hydrogen-bond acceptors (Lipinski definition) is 4. The van der Waals surface area contributed by atoms with E-state index in [1.165, 1.54) is 19.4 Å². The van der Waals surface area contributed by atoms with E-state index in [-0.39, 0.29) is 17.7 Å². The van der Waals surface area contributed by atoms with Gasteiger partial charge in [0.05, 0.1) is 19.2 Å². The van der Waals surface area contributed by atoms with Gasteiger partial charge < -0.3 is 9.64 Å². The largest absolute Gasteiger partial charge is 0.469 e. The van der Waals surface area contributed by atoms with E-state index in [1.54, 1.807) is 6.07 Å². The average molecular weight is 224 g/mol. The molecule has 86 valence electrons. The van der Waals surface area contributed by atoms with E-state index in [2.05, 4.69) is 4.98 Å². The van der Waals surface area contributed by atoms with Gasteiger partial charge in [0, 0.05) is 13.1 Å². The summed E-state index contributed by atoms with van der Waals surface area (Å²) in [6, 6.07) is 2.99. The Morgan fingerprint density at radius 1 is 1.62 bits per heavy atom. The third-order valence-electron chi connectivity index (χ3n) is 2.76. The van der Waals surface area contributed by atoms with Crippen molar-refractivity contribution in [3.05, 3.63) is 24.1 Å². The van der Waals surface area contributed by atoms with E-state index < -0.39 is 0 Å². The van der Waals surface area contributed by atoms with Crippen LogP contribution in [0.2, 0.25) is 0 Å². The number of anilines is 1. The van der Waals surface area contributed by atoms with Gasteiger partial charge in [0.2, 0.25) is 0 Å². The lowest BCUT2D eigenvalue weighted by molar-refractivity contribution is -0.144. The third kappa shape index (κ3) is 2.13. The summed E-state index contributed by atoms with van der Waals surface area (Å²) in [6.07, 6.45) is 1.94. The second-order valence-corrected chi connectivity index (χ2v) is 3.79. The molecule has 16 heavy (non-hydrogen) atoms. The maximum absolute atomic E-state index is 12.7. The Hall–Kier alpha value is -1.65. The number of ether oxygens (including phenoxy) is 1. The number of aromatic nitrogens is 1. The number of rotatable bonds is 2. The highest BCUT2D eigenvalue weighted by atomic mass is 19.1. The number of methoxy groups -OCH3 is 1. The zero-order valence-corrected chi connectivity index (χ0v) is 9.02. The molecule has 0 saturated carbocycles. The first kappa shape index (κ1) is 10.9. The lowest BCUT2D eigenvalue weighted by Gasteiger charge is -2.16. The summed E-state index contributed by atoms with van der Waals surface area (Å²) in [5.74, 6) is 0.0572. The molecular formula is C11H13FN2O2. The minimum atomic E-state index is -0.354. The molecule has 1 aliphatic heterocycles. The fourth-order valence-electron chi connectivity index (χ4n) is 1.88. The van der Waals surface area contributed by atoms with Crippen LogP contribution < -0.4 is 4.90 Å². The SMILES string of the molecule is COC(=O)C1CCN(c2ccc(F)cn2)C1. The molecule has 1 saturated heterocycles. The first-order chi connectivity index (χ1) is 7.70. The van der Waals surface area contributed by atoms with Crippen LogP contribution >= 0.6 is 0 Å². The van der Waals surface area contributed by atoms with Gasteiger partial charge in [-0.1, -0.05) is 0 Å². The second kappa shape index (κ2) is 4.47. The normalized spacial score (nSPS) is 19.9. The second-order valence-electron chi connectivity index (χ2n) is 3.79. The van der Waals surface area contributed by atoms with Gasteiger partial charge in [-0.25, -0.2) is 9.37 Å². The van der Waals surface area contributed by atoms with Crippen LogP contribution in [0.1, 0.15) is 6.42 Å². The minimum absolute atomic E-state index is 0.100. The highest BCUT2D eigenvalue weighted by Crippen LogP contribution is 2.22. The zero-order chi connectivity index (χ0) is 11.5. The molecule has 1 aromatic rings. The molecule has 1 unspecified atom stereocenters. The van der Waals surface area contributed by atoms with Crippen molar-refractivity contribution in [1.29, 1.82) is 0 Å². The van der Waals surface area contributed by atoms with Crippen LogP contribution in [-0.2, 0) is 9.53 Å². The van der Waals surface area contributed by atoms with Gasteiger partial charge in [-0.05, 0) is 18.6 Å². The number of nitrogens with zero attached hydrogens (tertiary/aromatic N) is 2. The van der Waals surface area contributed by atoms with Crippen LogP contribution in [0.15, 0.2) is 18.3 Å². The summed E-state index contributed by atoms with van der Waals surface area (Å²) in [7, 11) is 1.39. The van der Waals surface area contributed by atoms with Crippen LogP contribution in [-0.4, -0.2) is 31.2 Å². The standard InChI is InChI=1S/C11H13FN2O2/c1-16-11(15)8-4-5-14(7-8)10-3-2-9(12)6-13-10/h2-3,6,8H,4-5,7H2,1H3. The monoisotopic (exact) mass is 224 g/mol. The molecule has 0 amide bonds. The Morgan fingerprint density at radius 3 is 3.06 bits per heavy atom. The molecule has 0 spiro atoms. The van der Waals surface area contributed by atoms with Crippen LogP contribution in [0.3, 0.4) is 0 Å². The predicted molar refractivity (Wildman–Crippen MR) is 56.5 cm³/mol. The van der Waals surface area contributed by atoms with Gasteiger partial charge >= 0.3 is 5.97 Å². The van der Waals surface area contributed by atoms with Crippen molar-refractivity contribution >= 4 is 11.8 Å². The quantitative estimate of drug-likeness (QED) is 0.708. The lowest BCUT2D eigenvalue weighted by Crippen LogP contribution is -2.24. The molecule has 2 rings (SSSR count). The molecule has 0 N–H and O–H groups in total. The molecule has 0 bridgehead atoms. The van der Waals surface area contributed by atoms with E-state index in [4.69, 9.17) is 4.74 Å². The van der Waals surface area contributed by atoms with Crippen molar-refractivity contribution in [1.82, 2.24) is 4.98 Å².